The van der Waals surface area contributed by atoms with Crippen LogP contribution in [0.2, 0.25) is 0 Å². The fourth-order valence-corrected chi connectivity index (χ4v) is 1.61. The Morgan fingerprint density at radius 2 is 2.16 bits per heavy atom. The Kier molecular flexibility index (Phi) is 5.11. The molecular formula is C14H25N3O2. The van der Waals surface area contributed by atoms with Crippen molar-refractivity contribution in [3.05, 3.63) is 17.5 Å². The van der Waals surface area contributed by atoms with Crippen molar-refractivity contribution in [2.45, 2.75) is 47.1 Å². The van der Waals surface area contributed by atoms with Crippen LogP contribution in [0.1, 0.15) is 56.7 Å². The van der Waals surface area contributed by atoms with Gasteiger partial charge in [0.05, 0.1) is 5.69 Å². The average molecular weight is 267 g/mol. The number of nitrogens with zero attached hydrogens (tertiary/aromatic N) is 2. The summed E-state index contributed by atoms with van der Waals surface area (Å²) in [6.45, 7) is 11.0. The minimum absolute atomic E-state index is 0.0392. The molecule has 1 aromatic rings. The lowest BCUT2D eigenvalue weighted by atomic mass is 9.95. The molecule has 2 N–H and O–H groups in total. The summed E-state index contributed by atoms with van der Waals surface area (Å²) < 4.78 is 1.72. The van der Waals surface area contributed by atoms with Crippen molar-refractivity contribution in [1.82, 2.24) is 15.1 Å². The first kappa shape index (κ1) is 15.7. The number of rotatable bonds is 6. The van der Waals surface area contributed by atoms with E-state index >= 15 is 0 Å². The number of carbonyl (C=O) groups excluding carboxylic acids is 1. The van der Waals surface area contributed by atoms with Crippen molar-refractivity contribution in [3.63, 3.8) is 0 Å². The standard InChI is InChI=1S/C14H25N3O2/c1-6-17-12(7-11(16-17)10(2)3)13(19)15-8-14(4,5)9-18/h7,10,18H,6,8-9H2,1-5H3,(H,15,19). The van der Waals surface area contributed by atoms with E-state index in [1.807, 2.05) is 26.8 Å². The number of hydrogen-bond donors (Lipinski definition) is 2. The quantitative estimate of drug-likeness (QED) is 0.825. The molecule has 1 amide bonds. The Labute approximate surface area is 115 Å². The fourth-order valence-electron chi connectivity index (χ4n) is 1.61. The molecule has 108 valence electrons. The first-order valence-electron chi connectivity index (χ1n) is 6.77. The van der Waals surface area contributed by atoms with E-state index in [0.29, 0.717) is 24.7 Å². The highest BCUT2D eigenvalue weighted by atomic mass is 16.3. The van der Waals surface area contributed by atoms with E-state index in [9.17, 15) is 9.90 Å². The maximum Gasteiger partial charge on any atom is 0.269 e. The van der Waals surface area contributed by atoms with Gasteiger partial charge < -0.3 is 10.4 Å². The molecule has 19 heavy (non-hydrogen) atoms. The molecule has 0 aromatic carbocycles. The molecule has 0 atom stereocenters. The average Bonchev–Trinajstić information content (AvgIpc) is 2.80. The molecule has 0 aliphatic carbocycles. The van der Waals surface area contributed by atoms with Crippen molar-refractivity contribution in [2.75, 3.05) is 13.2 Å². The van der Waals surface area contributed by atoms with Crippen molar-refractivity contribution in [3.8, 4) is 0 Å². The summed E-state index contributed by atoms with van der Waals surface area (Å²) in [6.07, 6.45) is 0. The van der Waals surface area contributed by atoms with Gasteiger partial charge in [0.25, 0.3) is 5.91 Å². The Balaban J connectivity index is 2.81. The maximum absolute atomic E-state index is 12.2. The summed E-state index contributed by atoms with van der Waals surface area (Å²) in [5.74, 6) is 0.163. The zero-order chi connectivity index (χ0) is 14.6. The zero-order valence-electron chi connectivity index (χ0n) is 12.5. The third-order valence-electron chi connectivity index (χ3n) is 3.08. The van der Waals surface area contributed by atoms with Crippen molar-refractivity contribution in [2.24, 2.45) is 5.41 Å². The number of aromatic nitrogens is 2. The van der Waals surface area contributed by atoms with Gasteiger partial charge in [0.1, 0.15) is 5.69 Å². The van der Waals surface area contributed by atoms with Gasteiger partial charge in [-0.3, -0.25) is 9.48 Å². The van der Waals surface area contributed by atoms with Crippen LogP contribution in [-0.2, 0) is 6.54 Å². The summed E-state index contributed by atoms with van der Waals surface area (Å²) >= 11 is 0. The second-order valence-electron chi connectivity index (χ2n) is 5.93. The van der Waals surface area contributed by atoms with Crippen LogP contribution in [0.15, 0.2) is 6.07 Å². The molecule has 0 aliphatic rings. The van der Waals surface area contributed by atoms with Gasteiger partial charge in [-0.25, -0.2) is 0 Å². The smallest absolute Gasteiger partial charge is 0.269 e. The van der Waals surface area contributed by atoms with Gasteiger partial charge in [-0.05, 0) is 18.9 Å². The Hall–Kier alpha value is -1.36. The molecule has 0 unspecified atom stereocenters. The van der Waals surface area contributed by atoms with Crippen molar-refractivity contribution in [1.29, 1.82) is 0 Å². The van der Waals surface area contributed by atoms with Gasteiger partial charge in [-0.1, -0.05) is 27.7 Å². The van der Waals surface area contributed by atoms with E-state index < -0.39 is 0 Å². The number of aryl methyl sites for hydroxylation is 1. The number of aliphatic hydroxyl groups is 1. The Morgan fingerprint density at radius 3 is 2.63 bits per heavy atom. The van der Waals surface area contributed by atoms with Crippen LogP contribution >= 0.6 is 0 Å². The minimum Gasteiger partial charge on any atom is -0.396 e. The number of carbonyl (C=O) groups is 1. The first-order chi connectivity index (χ1) is 8.80. The largest absolute Gasteiger partial charge is 0.396 e. The van der Waals surface area contributed by atoms with Gasteiger partial charge in [-0.15, -0.1) is 0 Å². The molecule has 0 fully saturated rings. The van der Waals surface area contributed by atoms with Crippen LogP contribution in [0.3, 0.4) is 0 Å². The predicted molar refractivity (Wildman–Crippen MR) is 75.2 cm³/mol. The Bertz CT molecular complexity index is 436. The number of aliphatic hydroxyl groups excluding tert-OH is 1. The van der Waals surface area contributed by atoms with E-state index in [1.165, 1.54) is 0 Å². The van der Waals surface area contributed by atoms with E-state index in [-0.39, 0.29) is 17.9 Å². The predicted octanol–water partition coefficient (Wildman–Crippen LogP) is 1.77. The van der Waals surface area contributed by atoms with E-state index in [2.05, 4.69) is 24.3 Å². The second kappa shape index (κ2) is 6.19. The van der Waals surface area contributed by atoms with Crippen molar-refractivity contribution < 1.29 is 9.90 Å². The molecule has 0 saturated carbocycles. The number of amides is 1. The SMILES string of the molecule is CCn1nc(C(C)C)cc1C(=O)NCC(C)(C)CO. The highest BCUT2D eigenvalue weighted by molar-refractivity contribution is 5.92. The van der Waals surface area contributed by atoms with Crippen LogP contribution in [0.4, 0.5) is 0 Å². The van der Waals surface area contributed by atoms with Crippen LogP contribution in [0.25, 0.3) is 0 Å². The van der Waals surface area contributed by atoms with Gasteiger partial charge in [0.15, 0.2) is 0 Å². The zero-order valence-corrected chi connectivity index (χ0v) is 12.5. The molecule has 1 heterocycles. The molecule has 0 spiro atoms. The van der Waals surface area contributed by atoms with Crippen LogP contribution in [0, 0.1) is 5.41 Å². The lowest BCUT2D eigenvalue weighted by Crippen LogP contribution is -2.36. The number of nitrogens with one attached hydrogen (secondary N) is 1. The highest BCUT2D eigenvalue weighted by Gasteiger charge is 2.20. The molecule has 0 bridgehead atoms. The molecule has 5 nitrogen and oxygen atoms in total. The Morgan fingerprint density at radius 1 is 1.53 bits per heavy atom. The normalized spacial score (nSPS) is 11.9. The topological polar surface area (TPSA) is 67.2 Å². The summed E-state index contributed by atoms with van der Waals surface area (Å²) in [6, 6.07) is 1.84. The van der Waals surface area contributed by atoms with Gasteiger partial charge in [-0.2, -0.15) is 5.10 Å². The minimum atomic E-state index is -0.312. The van der Waals surface area contributed by atoms with E-state index in [1.54, 1.807) is 4.68 Å². The van der Waals surface area contributed by atoms with Crippen LogP contribution in [0.5, 0.6) is 0 Å². The molecule has 1 aromatic heterocycles. The van der Waals surface area contributed by atoms with E-state index in [0.717, 1.165) is 5.69 Å². The lowest BCUT2D eigenvalue weighted by molar-refractivity contribution is 0.0900. The summed E-state index contributed by atoms with van der Waals surface area (Å²) in [7, 11) is 0. The van der Waals surface area contributed by atoms with Gasteiger partial charge in [0.2, 0.25) is 0 Å². The molecular weight excluding hydrogens is 242 g/mol. The van der Waals surface area contributed by atoms with E-state index in [4.69, 9.17) is 0 Å². The molecule has 0 aliphatic heterocycles. The summed E-state index contributed by atoms with van der Waals surface area (Å²) in [5.41, 5.74) is 1.20. The molecule has 1 rings (SSSR count). The highest BCUT2D eigenvalue weighted by Crippen LogP contribution is 2.15. The van der Waals surface area contributed by atoms with Crippen LogP contribution < -0.4 is 5.32 Å². The summed E-state index contributed by atoms with van der Waals surface area (Å²) in [5, 5.41) is 16.5. The van der Waals surface area contributed by atoms with Crippen molar-refractivity contribution >= 4 is 5.91 Å². The fraction of sp³-hybridized carbons (Fsp3) is 0.714. The maximum atomic E-state index is 12.2. The third kappa shape index (κ3) is 4.06. The number of hydrogen-bond acceptors (Lipinski definition) is 3. The first-order valence-corrected chi connectivity index (χ1v) is 6.77. The van der Waals surface area contributed by atoms with Gasteiger partial charge in [0, 0.05) is 25.1 Å². The molecule has 5 heteroatoms. The van der Waals surface area contributed by atoms with Gasteiger partial charge >= 0.3 is 0 Å². The lowest BCUT2D eigenvalue weighted by Gasteiger charge is -2.21. The second-order valence-corrected chi connectivity index (χ2v) is 5.93. The van der Waals surface area contributed by atoms with Crippen LogP contribution in [-0.4, -0.2) is 33.9 Å². The molecule has 0 saturated heterocycles. The summed E-state index contributed by atoms with van der Waals surface area (Å²) in [4.78, 5) is 12.2. The third-order valence-corrected chi connectivity index (χ3v) is 3.08. The molecule has 0 radical (unpaired) electrons. The monoisotopic (exact) mass is 267 g/mol.